The molecule has 2 unspecified atom stereocenters. The van der Waals surface area contributed by atoms with Gasteiger partial charge in [0.2, 0.25) is 0 Å². The third-order valence-corrected chi connectivity index (χ3v) is 2.90. The van der Waals surface area contributed by atoms with Gasteiger partial charge in [-0.2, -0.15) is 0 Å². The van der Waals surface area contributed by atoms with Crippen LogP contribution in [0, 0.1) is 23.7 Å². The number of rotatable bonds is 3. The van der Waals surface area contributed by atoms with Crippen molar-refractivity contribution in [3.63, 3.8) is 0 Å². The maximum Gasteiger partial charge on any atom is 0.0580 e. The zero-order chi connectivity index (χ0) is 10.5. The first kappa shape index (κ1) is 10.3. The summed E-state index contributed by atoms with van der Waals surface area (Å²) in [6, 6.07) is 10.1. The molecular formula is C14H17N. The van der Waals surface area contributed by atoms with E-state index < -0.39 is 0 Å². The molecular weight excluding hydrogens is 182 g/mol. The summed E-state index contributed by atoms with van der Waals surface area (Å²) in [6.07, 6.45) is 1.39. The molecule has 0 aromatic heterocycles. The minimum absolute atomic E-state index is 0.804. The number of hydrogen-bond acceptors (Lipinski definition) is 1. The first-order valence-corrected chi connectivity index (χ1v) is 5.61. The summed E-state index contributed by atoms with van der Waals surface area (Å²) in [6.45, 7) is 4.24. The van der Waals surface area contributed by atoms with Crippen molar-refractivity contribution >= 4 is 0 Å². The van der Waals surface area contributed by atoms with Gasteiger partial charge in [-0.05, 0) is 36.9 Å². The molecule has 0 amide bonds. The third-order valence-electron chi connectivity index (χ3n) is 2.90. The molecule has 1 N–H and O–H groups in total. The van der Waals surface area contributed by atoms with Gasteiger partial charge < -0.3 is 5.32 Å². The summed E-state index contributed by atoms with van der Waals surface area (Å²) in [5.74, 6) is 8.11. The van der Waals surface area contributed by atoms with Crippen molar-refractivity contribution in [2.75, 3.05) is 13.1 Å². The molecule has 0 aliphatic heterocycles. The van der Waals surface area contributed by atoms with E-state index in [2.05, 4.69) is 24.1 Å². The fourth-order valence-electron chi connectivity index (χ4n) is 1.67. The molecule has 1 nitrogen and oxygen atoms in total. The molecule has 1 saturated carbocycles. The topological polar surface area (TPSA) is 12.0 Å². The van der Waals surface area contributed by atoms with Crippen LogP contribution in [0.3, 0.4) is 0 Å². The lowest BCUT2D eigenvalue weighted by Crippen LogP contribution is -2.17. The predicted molar refractivity (Wildman–Crippen MR) is 63.5 cm³/mol. The van der Waals surface area contributed by atoms with E-state index in [4.69, 9.17) is 0 Å². The molecule has 1 aliphatic carbocycles. The monoisotopic (exact) mass is 199 g/mol. The second-order valence-electron chi connectivity index (χ2n) is 4.27. The van der Waals surface area contributed by atoms with Gasteiger partial charge in [-0.15, -0.1) is 0 Å². The van der Waals surface area contributed by atoms with Gasteiger partial charge in [0.05, 0.1) is 6.54 Å². The third kappa shape index (κ3) is 3.42. The van der Waals surface area contributed by atoms with Crippen LogP contribution in [-0.2, 0) is 0 Å². The smallest absolute Gasteiger partial charge is 0.0580 e. The van der Waals surface area contributed by atoms with Gasteiger partial charge >= 0.3 is 0 Å². The molecule has 0 bridgehead atoms. The van der Waals surface area contributed by atoms with Gasteiger partial charge in [-0.1, -0.05) is 37.0 Å². The molecule has 78 valence electrons. The maximum atomic E-state index is 3.37. The maximum absolute atomic E-state index is 3.37. The van der Waals surface area contributed by atoms with Crippen LogP contribution in [0.2, 0.25) is 0 Å². The van der Waals surface area contributed by atoms with E-state index in [0.717, 1.165) is 30.5 Å². The normalized spacial score (nSPS) is 23.0. The zero-order valence-electron chi connectivity index (χ0n) is 9.16. The molecule has 1 aliphatic rings. The Balaban J connectivity index is 1.67. The quantitative estimate of drug-likeness (QED) is 0.582. The van der Waals surface area contributed by atoms with Crippen molar-refractivity contribution in [3.05, 3.63) is 35.9 Å². The predicted octanol–water partition coefficient (Wildman–Crippen LogP) is 2.28. The van der Waals surface area contributed by atoms with Gasteiger partial charge in [0.25, 0.3) is 0 Å². The van der Waals surface area contributed by atoms with Crippen LogP contribution in [0.25, 0.3) is 0 Å². The summed E-state index contributed by atoms with van der Waals surface area (Å²) in [7, 11) is 0. The second-order valence-corrected chi connectivity index (χ2v) is 4.27. The molecule has 2 atom stereocenters. The number of nitrogens with one attached hydrogen (secondary N) is 1. The van der Waals surface area contributed by atoms with Crippen LogP contribution >= 0.6 is 0 Å². The van der Waals surface area contributed by atoms with Gasteiger partial charge in [-0.25, -0.2) is 0 Å². The molecule has 1 aromatic carbocycles. The van der Waals surface area contributed by atoms with E-state index in [1.54, 1.807) is 0 Å². The molecule has 0 saturated heterocycles. The van der Waals surface area contributed by atoms with Crippen LogP contribution in [-0.4, -0.2) is 13.1 Å². The molecule has 1 fully saturated rings. The first-order valence-electron chi connectivity index (χ1n) is 5.61. The Morgan fingerprint density at radius 3 is 2.73 bits per heavy atom. The molecule has 15 heavy (non-hydrogen) atoms. The summed E-state index contributed by atoms with van der Waals surface area (Å²) in [4.78, 5) is 0. The van der Waals surface area contributed by atoms with E-state index in [-0.39, 0.29) is 0 Å². The fourth-order valence-corrected chi connectivity index (χ4v) is 1.67. The standard InChI is InChI=1S/C14H17N/c1-12-10-14(12)11-15-9-5-8-13-6-3-2-4-7-13/h2-4,6-7,12,14-15H,9-11H2,1H3. The van der Waals surface area contributed by atoms with Crippen molar-refractivity contribution in [2.45, 2.75) is 13.3 Å². The summed E-state index contributed by atoms with van der Waals surface area (Å²) < 4.78 is 0. The Morgan fingerprint density at radius 1 is 1.33 bits per heavy atom. The molecule has 0 spiro atoms. The molecule has 0 heterocycles. The molecule has 0 radical (unpaired) electrons. The Labute approximate surface area is 91.9 Å². The number of hydrogen-bond donors (Lipinski definition) is 1. The largest absolute Gasteiger partial charge is 0.306 e. The number of benzene rings is 1. The van der Waals surface area contributed by atoms with E-state index in [1.807, 2.05) is 30.3 Å². The van der Waals surface area contributed by atoms with E-state index in [0.29, 0.717) is 0 Å². The van der Waals surface area contributed by atoms with Gasteiger partial charge in [0.1, 0.15) is 0 Å². The van der Waals surface area contributed by atoms with Crippen LogP contribution in [0.1, 0.15) is 18.9 Å². The van der Waals surface area contributed by atoms with E-state index in [1.165, 1.54) is 6.42 Å². The highest BCUT2D eigenvalue weighted by molar-refractivity contribution is 5.33. The molecule has 1 heteroatoms. The van der Waals surface area contributed by atoms with Crippen LogP contribution in [0.15, 0.2) is 30.3 Å². The van der Waals surface area contributed by atoms with Crippen molar-refractivity contribution in [1.82, 2.24) is 5.32 Å². The highest BCUT2D eigenvalue weighted by atomic mass is 14.9. The van der Waals surface area contributed by atoms with Crippen molar-refractivity contribution < 1.29 is 0 Å². The Morgan fingerprint density at radius 2 is 2.07 bits per heavy atom. The molecule has 2 rings (SSSR count). The highest BCUT2D eigenvalue weighted by Gasteiger charge is 2.31. The minimum Gasteiger partial charge on any atom is -0.306 e. The Bertz CT molecular complexity index is 358. The van der Waals surface area contributed by atoms with Crippen LogP contribution in [0.5, 0.6) is 0 Å². The van der Waals surface area contributed by atoms with Gasteiger partial charge in [0, 0.05) is 5.56 Å². The Kier molecular flexibility index (Phi) is 3.42. The molecule has 1 aromatic rings. The van der Waals surface area contributed by atoms with Crippen LogP contribution in [0.4, 0.5) is 0 Å². The summed E-state index contributed by atoms with van der Waals surface area (Å²) >= 11 is 0. The lowest BCUT2D eigenvalue weighted by molar-refractivity contribution is 0.651. The summed E-state index contributed by atoms with van der Waals surface area (Å²) in [5, 5.41) is 3.37. The highest BCUT2D eigenvalue weighted by Crippen LogP contribution is 2.36. The van der Waals surface area contributed by atoms with Crippen LogP contribution < -0.4 is 5.32 Å². The lowest BCUT2D eigenvalue weighted by atomic mass is 10.2. The zero-order valence-corrected chi connectivity index (χ0v) is 9.16. The van der Waals surface area contributed by atoms with E-state index >= 15 is 0 Å². The Hall–Kier alpha value is -1.26. The van der Waals surface area contributed by atoms with Crippen molar-refractivity contribution in [3.8, 4) is 11.8 Å². The SMILES string of the molecule is CC1CC1CNCC#Cc1ccccc1. The van der Waals surface area contributed by atoms with Gasteiger partial charge in [-0.3, -0.25) is 0 Å². The van der Waals surface area contributed by atoms with E-state index in [9.17, 15) is 0 Å². The lowest BCUT2D eigenvalue weighted by Gasteiger charge is -1.96. The average molecular weight is 199 g/mol. The minimum atomic E-state index is 0.804. The fraction of sp³-hybridized carbons (Fsp3) is 0.429. The van der Waals surface area contributed by atoms with Gasteiger partial charge in [0.15, 0.2) is 0 Å². The second kappa shape index (κ2) is 5.00. The first-order chi connectivity index (χ1) is 7.36. The average Bonchev–Trinajstić information content (AvgIpc) is 2.96. The summed E-state index contributed by atoms with van der Waals surface area (Å²) in [5.41, 5.74) is 1.10. The van der Waals surface area contributed by atoms with Crippen molar-refractivity contribution in [1.29, 1.82) is 0 Å². The van der Waals surface area contributed by atoms with Crippen molar-refractivity contribution in [2.24, 2.45) is 11.8 Å².